The van der Waals surface area contributed by atoms with E-state index in [1.165, 1.54) is 11.3 Å². The molecule has 1 heterocycles. The minimum Gasteiger partial charge on any atom is -0.350 e. The lowest BCUT2D eigenvalue weighted by molar-refractivity contribution is -0.121. The lowest BCUT2D eigenvalue weighted by Crippen LogP contribution is -2.22. The number of amides is 1. The van der Waals surface area contributed by atoms with Crippen molar-refractivity contribution in [2.75, 3.05) is 6.54 Å². The molecule has 3 N–H and O–H groups in total. The molecule has 0 fully saturated rings. The average molecular weight is 213 g/mol. The van der Waals surface area contributed by atoms with Crippen LogP contribution in [0.1, 0.15) is 25.0 Å². The van der Waals surface area contributed by atoms with Crippen LogP contribution in [0.4, 0.5) is 0 Å². The Morgan fingerprint density at radius 1 is 1.57 bits per heavy atom. The summed E-state index contributed by atoms with van der Waals surface area (Å²) in [6.07, 6.45) is 2.32. The molecule has 0 saturated heterocycles. The van der Waals surface area contributed by atoms with Crippen LogP contribution in [-0.2, 0) is 11.3 Å². The van der Waals surface area contributed by atoms with Crippen LogP contribution in [0.15, 0.2) is 10.9 Å². The minimum absolute atomic E-state index is 0.0754. The van der Waals surface area contributed by atoms with E-state index < -0.39 is 0 Å². The summed E-state index contributed by atoms with van der Waals surface area (Å²) < 4.78 is 0. The lowest BCUT2D eigenvalue weighted by atomic mass is 10.2. The molecule has 0 unspecified atom stereocenters. The van der Waals surface area contributed by atoms with Crippen LogP contribution in [0, 0.1) is 0 Å². The molecule has 0 spiro atoms. The summed E-state index contributed by atoms with van der Waals surface area (Å²) in [7, 11) is 0. The first-order chi connectivity index (χ1) is 6.83. The predicted molar refractivity (Wildman–Crippen MR) is 56.9 cm³/mol. The second-order valence-electron chi connectivity index (χ2n) is 3.00. The Balaban J connectivity index is 2.09. The van der Waals surface area contributed by atoms with Gasteiger partial charge in [0.15, 0.2) is 0 Å². The van der Waals surface area contributed by atoms with Gasteiger partial charge in [-0.25, -0.2) is 4.98 Å². The third-order valence-electron chi connectivity index (χ3n) is 1.81. The second kappa shape index (κ2) is 6.50. The molecule has 0 saturated carbocycles. The Kier molecular flexibility index (Phi) is 5.17. The summed E-state index contributed by atoms with van der Waals surface area (Å²) in [5, 5.41) is 4.74. The van der Waals surface area contributed by atoms with Gasteiger partial charge in [0, 0.05) is 11.8 Å². The molecule has 4 nitrogen and oxygen atoms in total. The molecule has 1 aromatic heterocycles. The SMILES string of the molecule is NCCCCC(=O)NCc1cscn1. The molecule has 1 rings (SSSR count). The number of thiazole rings is 1. The summed E-state index contributed by atoms with van der Waals surface area (Å²) >= 11 is 1.53. The van der Waals surface area contributed by atoms with Gasteiger partial charge in [0.25, 0.3) is 0 Å². The fourth-order valence-corrected chi connectivity index (χ4v) is 1.59. The van der Waals surface area contributed by atoms with Crippen molar-refractivity contribution in [1.29, 1.82) is 0 Å². The summed E-state index contributed by atoms with van der Waals surface area (Å²) in [4.78, 5) is 15.3. The van der Waals surface area contributed by atoms with Gasteiger partial charge in [0.1, 0.15) is 0 Å². The van der Waals surface area contributed by atoms with E-state index in [0.717, 1.165) is 18.5 Å². The molecule has 0 aliphatic heterocycles. The highest BCUT2D eigenvalue weighted by Crippen LogP contribution is 2.00. The van der Waals surface area contributed by atoms with Crippen molar-refractivity contribution in [2.24, 2.45) is 5.73 Å². The third kappa shape index (κ3) is 4.34. The number of nitrogens with zero attached hydrogens (tertiary/aromatic N) is 1. The lowest BCUT2D eigenvalue weighted by Gasteiger charge is -2.02. The summed E-state index contributed by atoms with van der Waals surface area (Å²) in [5.74, 6) is 0.0754. The summed E-state index contributed by atoms with van der Waals surface area (Å²) in [5.41, 5.74) is 8.00. The first-order valence-electron chi connectivity index (χ1n) is 4.66. The van der Waals surface area contributed by atoms with Crippen molar-refractivity contribution in [3.8, 4) is 0 Å². The van der Waals surface area contributed by atoms with Gasteiger partial charge in [-0.1, -0.05) is 0 Å². The summed E-state index contributed by atoms with van der Waals surface area (Å²) in [6.45, 7) is 1.18. The second-order valence-corrected chi connectivity index (χ2v) is 3.72. The van der Waals surface area contributed by atoms with Crippen molar-refractivity contribution >= 4 is 17.2 Å². The zero-order valence-corrected chi connectivity index (χ0v) is 8.85. The van der Waals surface area contributed by atoms with Gasteiger partial charge in [0.2, 0.25) is 5.91 Å². The third-order valence-corrected chi connectivity index (χ3v) is 2.44. The maximum atomic E-state index is 11.2. The molecular formula is C9H15N3OS. The van der Waals surface area contributed by atoms with Crippen molar-refractivity contribution in [3.63, 3.8) is 0 Å². The molecule has 0 atom stereocenters. The monoisotopic (exact) mass is 213 g/mol. The van der Waals surface area contributed by atoms with Crippen LogP contribution in [0.25, 0.3) is 0 Å². The van der Waals surface area contributed by atoms with Gasteiger partial charge < -0.3 is 11.1 Å². The molecule has 5 heteroatoms. The molecule has 78 valence electrons. The zero-order valence-electron chi connectivity index (χ0n) is 8.03. The number of carbonyl (C=O) groups is 1. The number of aromatic nitrogens is 1. The number of nitrogens with one attached hydrogen (secondary N) is 1. The normalized spacial score (nSPS) is 10.1. The molecule has 0 aliphatic rings. The minimum atomic E-state index is 0.0754. The Labute approximate surface area is 87.5 Å². The van der Waals surface area contributed by atoms with E-state index >= 15 is 0 Å². The molecule has 0 aromatic carbocycles. The number of nitrogens with two attached hydrogens (primary N) is 1. The van der Waals surface area contributed by atoms with E-state index in [9.17, 15) is 4.79 Å². The van der Waals surface area contributed by atoms with Crippen LogP contribution in [0.5, 0.6) is 0 Å². The van der Waals surface area contributed by atoms with E-state index in [2.05, 4.69) is 10.3 Å². The highest BCUT2D eigenvalue weighted by Gasteiger charge is 2.01. The molecule has 1 aromatic rings. The van der Waals surface area contributed by atoms with Gasteiger partial charge in [-0.15, -0.1) is 11.3 Å². The zero-order chi connectivity index (χ0) is 10.2. The van der Waals surface area contributed by atoms with E-state index in [0.29, 0.717) is 19.5 Å². The van der Waals surface area contributed by atoms with Gasteiger partial charge in [-0.2, -0.15) is 0 Å². The van der Waals surface area contributed by atoms with Gasteiger partial charge in [0.05, 0.1) is 17.7 Å². The van der Waals surface area contributed by atoms with Crippen molar-refractivity contribution in [3.05, 3.63) is 16.6 Å². The number of hydrogen-bond acceptors (Lipinski definition) is 4. The van der Waals surface area contributed by atoms with Crippen LogP contribution in [0.2, 0.25) is 0 Å². The van der Waals surface area contributed by atoms with Crippen molar-refractivity contribution in [1.82, 2.24) is 10.3 Å². The molecule has 0 radical (unpaired) electrons. The topological polar surface area (TPSA) is 68.0 Å². The van der Waals surface area contributed by atoms with E-state index in [1.54, 1.807) is 5.51 Å². The number of carbonyl (C=O) groups excluding carboxylic acids is 1. The first kappa shape index (κ1) is 11.1. The van der Waals surface area contributed by atoms with Crippen LogP contribution >= 0.6 is 11.3 Å². The average Bonchev–Trinajstić information content (AvgIpc) is 2.68. The molecule has 0 aliphatic carbocycles. The van der Waals surface area contributed by atoms with Crippen LogP contribution < -0.4 is 11.1 Å². The molecule has 1 amide bonds. The fraction of sp³-hybridized carbons (Fsp3) is 0.556. The van der Waals surface area contributed by atoms with Crippen LogP contribution in [-0.4, -0.2) is 17.4 Å². The standard InChI is InChI=1S/C9H15N3OS/c10-4-2-1-3-9(13)11-5-8-6-14-7-12-8/h6-7H,1-5,10H2,(H,11,13). The van der Waals surface area contributed by atoms with Gasteiger partial charge in [-0.05, 0) is 19.4 Å². The number of hydrogen-bond donors (Lipinski definition) is 2. The van der Waals surface area contributed by atoms with Gasteiger partial charge in [-0.3, -0.25) is 4.79 Å². The van der Waals surface area contributed by atoms with Gasteiger partial charge >= 0.3 is 0 Å². The first-order valence-corrected chi connectivity index (χ1v) is 5.61. The predicted octanol–water partition coefficient (Wildman–Crippen LogP) is 0.888. The van der Waals surface area contributed by atoms with Crippen molar-refractivity contribution < 1.29 is 4.79 Å². The Bertz CT molecular complexity index is 261. The Morgan fingerprint density at radius 3 is 3.07 bits per heavy atom. The highest BCUT2D eigenvalue weighted by molar-refractivity contribution is 7.07. The van der Waals surface area contributed by atoms with Crippen LogP contribution in [0.3, 0.4) is 0 Å². The van der Waals surface area contributed by atoms with E-state index in [4.69, 9.17) is 5.73 Å². The highest BCUT2D eigenvalue weighted by atomic mass is 32.1. The van der Waals surface area contributed by atoms with Crippen molar-refractivity contribution in [2.45, 2.75) is 25.8 Å². The smallest absolute Gasteiger partial charge is 0.220 e. The summed E-state index contributed by atoms with van der Waals surface area (Å²) in [6, 6.07) is 0. The van der Waals surface area contributed by atoms with E-state index in [1.807, 2.05) is 5.38 Å². The number of rotatable bonds is 6. The maximum absolute atomic E-state index is 11.2. The molecule has 14 heavy (non-hydrogen) atoms. The Morgan fingerprint density at radius 2 is 2.43 bits per heavy atom. The largest absolute Gasteiger partial charge is 0.350 e. The van der Waals surface area contributed by atoms with E-state index in [-0.39, 0.29) is 5.91 Å². The fourth-order valence-electron chi connectivity index (χ4n) is 1.03. The quantitative estimate of drug-likeness (QED) is 0.689. The maximum Gasteiger partial charge on any atom is 0.220 e. The number of unbranched alkanes of at least 4 members (excludes halogenated alkanes) is 1. The Hall–Kier alpha value is -0.940. The molecular weight excluding hydrogens is 198 g/mol. The molecule has 0 bridgehead atoms.